The van der Waals surface area contributed by atoms with Gasteiger partial charge in [0.05, 0.1) is 6.54 Å². The number of aryl methyl sites for hydroxylation is 1. The number of pyridine rings is 1. The van der Waals surface area contributed by atoms with Gasteiger partial charge >= 0.3 is 0 Å². The van der Waals surface area contributed by atoms with E-state index >= 15 is 0 Å². The number of aromatic nitrogens is 3. The quantitative estimate of drug-likeness (QED) is 0.769. The van der Waals surface area contributed by atoms with Crippen LogP contribution in [0.5, 0.6) is 0 Å². The molecule has 0 fully saturated rings. The van der Waals surface area contributed by atoms with Crippen molar-refractivity contribution >= 4 is 17.2 Å². The molecule has 134 valence electrons. The Labute approximate surface area is 152 Å². The molecule has 0 saturated heterocycles. The Morgan fingerprint density at radius 2 is 2.04 bits per heavy atom. The maximum atomic E-state index is 12.3. The molecule has 1 unspecified atom stereocenters. The molecular formula is C20H23N5O. The van der Waals surface area contributed by atoms with Crippen molar-refractivity contribution in [1.82, 2.24) is 19.9 Å². The monoisotopic (exact) mass is 349 g/mol. The first-order chi connectivity index (χ1) is 12.7. The van der Waals surface area contributed by atoms with Crippen LogP contribution in [-0.4, -0.2) is 33.1 Å². The van der Waals surface area contributed by atoms with E-state index in [2.05, 4.69) is 51.6 Å². The number of nitrogens with one attached hydrogen (secondary N) is 1. The minimum absolute atomic E-state index is 0.0351. The number of fused-ring (bicyclic) bond motifs is 2. The highest BCUT2D eigenvalue weighted by molar-refractivity contribution is 5.76. The molecule has 0 radical (unpaired) electrons. The van der Waals surface area contributed by atoms with Crippen molar-refractivity contribution in [2.45, 2.75) is 38.8 Å². The summed E-state index contributed by atoms with van der Waals surface area (Å²) in [7, 11) is 0. The number of anilines is 1. The predicted molar refractivity (Wildman–Crippen MR) is 101 cm³/mol. The van der Waals surface area contributed by atoms with Gasteiger partial charge in [0.1, 0.15) is 0 Å². The molecule has 1 N–H and O–H groups in total. The van der Waals surface area contributed by atoms with Crippen LogP contribution in [0.15, 0.2) is 48.7 Å². The fourth-order valence-corrected chi connectivity index (χ4v) is 3.60. The second kappa shape index (κ2) is 7.15. The van der Waals surface area contributed by atoms with Gasteiger partial charge in [-0.2, -0.15) is 0 Å². The zero-order valence-corrected chi connectivity index (χ0v) is 14.9. The number of nitrogens with zero attached hydrogens (tertiary/aromatic N) is 4. The number of hydrogen-bond acceptors (Lipinski definition) is 4. The van der Waals surface area contributed by atoms with Crippen molar-refractivity contribution in [3.8, 4) is 0 Å². The average Bonchev–Trinajstić information content (AvgIpc) is 3.09. The van der Waals surface area contributed by atoms with Crippen LogP contribution in [-0.2, 0) is 17.8 Å². The standard InChI is InChI=1S/C20H23N5O/c1-15-9-10-16-6-2-3-7-17(16)24(15)13-11-20(26)21-14-19-23-22-18-8-4-5-12-25(18)19/h2-8,12,15H,9-11,13-14H2,1H3,(H,21,26). The van der Waals surface area contributed by atoms with Gasteiger partial charge < -0.3 is 10.2 Å². The van der Waals surface area contributed by atoms with Gasteiger partial charge in [0.2, 0.25) is 5.91 Å². The van der Waals surface area contributed by atoms with E-state index in [0.717, 1.165) is 30.9 Å². The van der Waals surface area contributed by atoms with Crippen LogP contribution >= 0.6 is 0 Å². The van der Waals surface area contributed by atoms with Crippen molar-refractivity contribution in [2.75, 3.05) is 11.4 Å². The summed E-state index contributed by atoms with van der Waals surface area (Å²) in [6, 6.07) is 14.7. The van der Waals surface area contributed by atoms with Crippen LogP contribution in [0.2, 0.25) is 0 Å². The van der Waals surface area contributed by atoms with Gasteiger partial charge in [-0.1, -0.05) is 24.3 Å². The van der Waals surface area contributed by atoms with Gasteiger partial charge in [0.15, 0.2) is 11.5 Å². The molecule has 26 heavy (non-hydrogen) atoms. The van der Waals surface area contributed by atoms with E-state index in [1.807, 2.05) is 28.8 Å². The summed E-state index contributed by atoms with van der Waals surface area (Å²) in [5.41, 5.74) is 3.43. The molecule has 1 aliphatic heterocycles. The van der Waals surface area contributed by atoms with E-state index in [0.29, 0.717) is 19.0 Å². The summed E-state index contributed by atoms with van der Waals surface area (Å²) < 4.78 is 1.89. The number of carbonyl (C=O) groups is 1. The summed E-state index contributed by atoms with van der Waals surface area (Å²) in [5, 5.41) is 11.2. The Morgan fingerprint density at radius 1 is 1.19 bits per heavy atom. The number of carbonyl (C=O) groups excluding carboxylic acids is 1. The molecule has 3 heterocycles. The third kappa shape index (κ3) is 3.27. The Hall–Kier alpha value is -2.89. The molecular weight excluding hydrogens is 326 g/mol. The first-order valence-corrected chi connectivity index (χ1v) is 9.12. The van der Waals surface area contributed by atoms with Crippen LogP contribution in [0.4, 0.5) is 5.69 Å². The van der Waals surface area contributed by atoms with Crippen LogP contribution in [0, 0.1) is 0 Å². The van der Waals surface area contributed by atoms with E-state index in [1.165, 1.54) is 11.3 Å². The number of para-hydroxylation sites is 1. The van der Waals surface area contributed by atoms with E-state index < -0.39 is 0 Å². The molecule has 1 amide bonds. The minimum Gasteiger partial charge on any atom is -0.368 e. The van der Waals surface area contributed by atoms with Gasteiger partial charge in [0, 0.05) is 30.9 Å². The summed E-state index contributed by atoms with van der Waals surface area (Å²) >= 11 is 0. The van der Waals surface area contributed by atoms with Crippen molar-refractivity contribution in [3.05, 3.63) is 60.0 Å². The second-order valence-corrected chi connectivity index (χ2v) is 6.78. The lowest BCUT2D eigenvalue weighted by molar-refractivity contribution is -0.121. The number of hydrogen-bond donors (Lipinski definition) is 1. The summed E-state index contributed by atoms with van der Waals surface area (Å²) in [4.78, 5) is 14.7. The SMILES string of the molecule is CC1CCc2ccccc2N1CCC(=O)NCc1nnc2ccccn12. The van der Waals surface area contributed by atoms with Crippen molar-refractivity contribution in [1.29, 1.82) is 0 Å². The molecule has 1 aliphatic rings. The molecule has 6 nitrogen and oxygen atoms in total. The molecule has 1 aromatic carbocycles. The lowest BCUT2D eigenvalue weighted by Crippen LogP contribution is -2.40. The fourth-order valence-electron chi connectivity index (χ4n) is 3.60. The number of rotatable bonds is 5. The third-order valence-corrected chi connectivity index (χ3v) is 5.07. The molecule has 4 rings (SSSR count). The maximum absolute atomic E-state index is 12.3. The van der Waals surface area contributed by atoms with Gasteiger partial charge in [0.25, 0.3) is 0 Å². The zero-order valence-electron chi connectivity index (χ0n) is 14.9. The molecule has 0 bridgehead atoms. The van der Waals surface area contributed by atoms with Gasteiger partial charge in [-0.3, -0.25) is 9.20 Å². The minimum atomic E-state index is 0.0351. The Kier molecular flexibility index (Phi) is 4.56. The highest BCUT2D eigenvalue weighted by Crippen LogP contribution is 2.30. The van der Waals surface area contributed by atoms with Crippen LogP contribution in [0.25, 0.3) is 5.65 Å². The highest BCUT2D eigenvalue weighted by atomic mass is 16.1. The number of benzene rings is 1. The largest absolute Gasteiger partial charge is 0.368 e. The maximum Gasteiger partial charge on any atom is 0.222 e. The molecule has 3 aromatic rings. The molecule has 2 aromatic heterocycles. The van der Waals surface area contributed by atoms with Crippen molar-refractivity contribution in [2.24, 2.45) is 0 Å². The second-order valence-electron chi connectivity index (χ2n) is 6.78. The molecule has 0 spiro atoms. The fraction of sp³-hybridized carbons (Fsp3) is 0.350. The van der Waals surface area contributed by atoms with Crippen molar-refractivity contribution in [3.63, 3.8) is 0 Å². The van der Waals surface area contributed by atoms with Gasteiger partial charge in [-0.25, -0.2) is 0 Å². The van der Waals surface area contributed by atoms with E-state index in [1.54, 1.807) is 0 Å². The van der Waals surface area contributed by atoms with Crippen molar-refractivity contribution < 1.29 is 4.79 Å². The van der Waals surface area contributed by atoms with Crippen LogP contribution < -0.4 is 10.2 Å². The van der Waals surface area contributed by atoms with Gasteiger partial charge in [-0.05, 0) is 43.5 Å². The zero-order chi connectivity index (χ0) is 17.9. The number of amides is 1. The third-order valence-electron chi connectivity index (χ3n) is 5.07. The first kappa shape index (κ1) is 16.6. The summed E-state index contributed by atoms with van der Waals surface area (Å²) in [6.45, 7) is 3.34. The normalized spacial score (nSPS) is 16.5. The Balaban J connectivity index is 1.36. The van der Waals surface area contributed by atoms with E-state index in [9.17, 15) is 4.79 Å². The lowest BCUT2D eigenvalue weighted by atomic mass is 9.96. The summed E-state index contributed by atoms with van der Waals surface area (Å²) in [6.07, 6.45) is 4.61. The molecule has 0 aliphatic carbocycles. The van der Waals surface area contributed by atoms with E-state index in [4.69, 9.17) is 0 Å². The van der Waals surface area contributed by atoms with Crippen LogP contribution in [0.3, 0.4) is 0 Å². The Morgan fingerprint density at radius 3 is 2.96 bits per heavy atom. The Bertz CT molecular complexity index is 919. The lowest BCUT2D eigenvalue weighted by Gasteiger charge is -2.37. The van der Waals surface area contributed by atoms with Crippen LogP contribution in [0.1, 0.15) is 31.2 Å². The summed E-state index contributed by atoms with van der Waals surface area (Å²) in [5.74, 6) is 0.776. The predicted octanol–water partition coefficient (Wildman–Crippen LogP) is 2.58. The topological polar surface area (TPSA) is 62.5 Å². The van der Waals surface area contributed by atoms with Gasteiger partial charge in [-0.15, -0.1) is 10.2 Å². The van der Waals surface area contributed by atoms with E-state index in [-0.39, 0.29) is 5.91 Å². The highest BCUT2D eigenvalue weighted by Gasteiger charge is 2.22. The molecule has 6 heteroatoms. The first-order valence-electron chi connectivity index (χ1n) is 9.12. The smallest absolute Gasteiger partial charge is 0.222 e. The average molecular weight is 349 g/mol. The molecule has 0 saturated carbocycles. The molecule has 1 atom stereocenters.